The lowest BCUT2D eigenvalue weighted by molar-refractivity contribution is -0.00461. The minimum absolute atomic E-state index is 0.249. The maximum absolute atomic E-state index is 11.5. The molecule has 1 aliphatic rings. The van der Waals surface area contributed by atoms with Gasteiger partial charge in [-0.25, -0.2) is 8.42 Å². The number of methoxy groups -OCH3 is 2. The van der Waals surface area contributed by atoms with Gasteiger partial charge in [-0.2, -0.15) is 9.57 Å². The van der Waals surface area contributed by atoms with Crippen LogP contribution in [0.15, 0.2) is 0 Å². The second-order valence-corrected chi connectivity index (χ2v) is 5.25. The van der Waals surface area contributed by atoms with Gasteiger partial charge in [-0.15, -0.1) is 0 Å². The van der Waals surface area contributed by atoms with Crippen LogP contribution in [0.5, 0.6) is 0 Å². The Hall–Kier alpha value is -0.680. The van der Waals surface area contributed by atoms with E-state index in [4.69, 9.17) is 14.7 Å². The molecule has 1 fully saturated rings. The standard InChI is InChI=1S/C8H14N2O4S/c1-13-7-5-10(6-8(7)14-2)15(11,12)4-3-9/h7-8H,4-6H2,1-2H3. The zero-order valence-electron chi connectivity index (χ0n) is 8.71. The fourth-order valence-electron chi connectivity index (χ4n) is 1.56. The molecular formula is C8H14N2O4S. The minimum atomic E-state index is -3.48. The number of nitrogens with zero attached hydrogens (tertiary/aromatic N) is 2. The molecule has 0 aromatic heterocycles. The van der Waals surface area contributed by atoms with Crippen molar-refractivity contribution < 1.29 is 17.9 Å². The molecule has 15 heavy (non-hydrogen) atoms. The number of rotatable bonds is 4. The molecule has 86 valence electrons. The van der Waals surface area contributed by atoms with Gasteiger partial charge in [-0.1, -0.05) is 0 Å². The van der Waals surface area contributed by atoms with Crippen LogP contribution in [0.4, 0.5) is 0 Å². The first-order valence-electron chi connectivity index (χ1n) is 4.45. The van der Waals surface area contributed by atoms with Gasteiger partial charge in [0.1, 0.15) is 0 Å². The highest BCUT2D eigenvalue weighted by Gasteiger charge is 2.38. The molecule has 1 heterocycles. The van der Waals surface area contributed by atoms with E-state index in [0.717, 1.165) is 0 Å². The molecule has 2 atom stereocenters. The average molecular weight is 234 g/mol. The molecule has 0 spiro atoms. The van der Waals surface area contributed by atoms with Crippen molar-refractivity contribution >= 4 is 10.0 Å². The Balaban J connectivity index is 2.73. The predicted octanol–water partition coefficient (Wildman–Crippen LogP) is -0.815. The molecule has 0 aromatic rings. The number of hydrogen-bond acceptors (Lipinski definition) is 5. The summed E-state index contributed by atoms with van der Waals surface area (Å²) < 4.78 is 34.5. The smallest absolute Gasteiger partial charge is 0.227 e. The van der Waals surface area contributed by atoms with Crippen molar-refractivity contribution in [1.29, 1.82) is 5.26 Å². The van der Waals surface area contributed by atoms with Gasteiger partial charge in [0, 0.05) is 27.3 Å². The van der Waals surface area contributed by atoms with Crippen molar-refractivity contribution in [2.45, 2.75) is 12.2 Å². The first-order chi connectivity index (χ1) is 7.05. The minimum Gasteiger partial charge on any atom is -0.377 e. The molecule has 0 saturated carbocycles. The fourth-order valence-corrected chi connectivity index (χ4v) is 2.66. The van der Waals surface area contributed by atoms with E-state index in [-0.39, 0.29) is 25.3 Å². The maximum Gasteiger partial charge on any atom is 0.227 e. The van der Waals surface area contributed by atoms with Gasteiger partial charge in [0.05, 0.1) is 18.3 Å². The molecule has 2 unspecified atom stereocenters. The van der Waals surface area contributed by atoms with Crippen molar-refractivity contribution in [3.05, 3.63) is 0 Å². The van der Waals surface area contributed by atoms with E-state index in [1.54, 1.807) is 6.07 Å². The largest absolute Gasteiger partial charge is 0.377 e. The van der Waals surface area contributed by atoms with E-state index in [0.29, 0.717) is 0 Å². The number of nitriles is 1. The lowest BCUT2D eigenvalue weighted by Crippen LogP contribution is -2.31. The predicted molar refractivity (Wildman–Crippen MR) is 52.6 cm³/mol. The van der Waals surface area contributed by atoms with Crippen LogP contribution in [0.3, 0.4) is 0 Å². The summed E-state index contributed by atoms with van der Waals surface area (Å²) in [5.41, 5.74) is 0. The molecule has 1 aliphatic heterocycles. The third-order valence-electron chi connectivity index (χ3n) is 2.43. The van der Waals surface area contributed by atoms with E-state index in [9.17, 15) is 8.42 Å². The third-order valence-corrected chi connectivity index (χ3v) is 4.01. The van der Waals surface area contributed by atoms with E-state index in [1.165, 1.54) is 18.5 Å². The van der Waals surface area contributed by atoms with Crippen LogP contribution in [0, 0.1) is 11.3 Å². The van der Waals surface area contributed by atoms with Crippen LogP contribution >= 0.6 is 0 Å². The molecule has 0 radical (unpaired) electrons. The maximum atomic E-state index is 11.5. The van der Waals surface area contributed by atoms with Gasteiger partial charge in [-0.05, 0) is 0 Å². The first kappa shape index (κ1) is 12.4. The average Bonchev–Trinajstić information content (AvgIpc) is 2.61. The topological polar surface area (TPSA) is 79.6 Å². The molecule has 1 saturated heterocycles. The van der Waals surface area contributed by atoms with Crippen LogP contribution in [0.2, 0.25) is 0 Å². The van der Waals surface area contributed by atoms with Crippen LogP contribution in [-0.4, -0.2) is 58.0 Å². The van der Waals surface area contributed by atoms with Gasteiger partial charge in [-0.3, -0.25) is 0 Å². The Kier molecular flexibility index (Phi) is 4.04. The Morgan fingerprint density at radius 1 is 1.33 bits per heavy atom. The molecule has 0 bridgehead atoms. The van der Waals surface area contributed by atoms with Crippen LogP contribution in [-0.2, 0) is 19.5 Å². The van der Waals surface area contributed by atoms with E-state index >= 15 is 0 Å². The van der Waals surface area contributed by atoms with Crippen molar-refractivity contribution in [2.75, 3.05) is 33.1 Å². The summed E-state index contributed by atoms with van der Waals surface area (Å²) in [6, 6.07) is 1.64. The molecule has 0 amide bonds. The number of hydrogen-bond donors (Lipinski definition) is 0. The quantitative estimate of drug-likeness (QED) is 0.635. The van der Waals surface area contributed by atoms with Crippen LogP contribution in [0.1, 0.15) is 0 Å². The highest BCUT2D eigenvalue weighted by Crippen LogP contribution is 2.18. The van der Waals surface area contributed by atoms with Gasteiger partial charge < -0.3 is 9.47 Å². The molecular weight excluding hydrogens is 220 g/mol. The zero-order valence-corrected chi connectivity index (χ0v) is 9.53. The SMILES string of the molecule is COC1CN(S(=O)(=O)CC#N)CC1OC. The Morgan fingerprint density at radius 3 is 2.13 bits per heavy atom. The fraction of sp³-hybridized carbons (Fsp3) is 0.875. The van der Waals surface area contributed by atoms with Crippen molar-refractivity contribution in [1.82, 2.24) is 4.31 Å². The highest BCUT2D eigenvalue weighted by atomic mass is 32.2. The monoisotopic (exact) mass is 234 g/mol. The van der Waals surface area contributed by atoms with Crippen molar-refractivity contribution in [2.24, 2.45) is 0 Å². The van der Waals surface area contributed by atoms with E-state index in [2.05, 4.69) is 0 Å². The molecule has 6 nitrogen and oxygen atoms in total. The van der Waals surface area contributed by atoms with Crippen molar-refractivity contribution in [3.63, 3.8) is 0 Å². The molecule has 1 rings (SSSR count). The summed E-state index contributed by atoms with van der Waals surface area (Å²) in [5.74, 6) is -0.500. The van der Waals surface area contributed by atoms with Crippen LogP contribution < -0.4 is 0 Å². The summed E-state index contributed by atoms with van der Waals surface area (Å²) in [6.45, 7) is 0.498. The van der Waals surface area contributed by atoms with Crippen LogP contribution in [0.25, 0.3) is 0 Å². The molecule has 0 aliphatic carbocycles. The van der Waals surface area contributed by atoms with E-state index < -0.39 is 15.8 Å². The summed E-state index contributed by atoms with van der Waals surface area (Å²) in [7, 11) is -0.462. The normalized spacial score (nSPS) is 27.8. The Morgan fingerprint density at radius 2 is 1.80 bits per heavy atom. The second-order valence-electron chi connectivity index (χ2n) is 3.28. The lowest BCUT2D eigenvalue weighted by atomic mass is 10.3. The second kappa shape index (κ2) is 4.90. The van der Waals surface area contributed by atoms with Gasteiger partial charge in [0.15, 0.2) is 5.75 Å². The summed E-state index contributed by atoms with van der Waals surface area (Å²) in [5, 5.41) is 8.39. The third kappa shape index (κ3) is 2.66. The molecule has 0 aromatic carbocycles. The Labute approximate surface area is 89.4 Å². The van der Waals surface area contributed by atoms with Gasteiger partial charge >= 0.3 is 0 Å². The zero-order chi connectivity index (χ0) is 11.5. The molecule has 7 heteroatoms. The first-order valence-corrected chi connectivity index (χ1v) is 6.06. The Bertz CT molecular complexity index is 336. The summed E-state index contributed by atoms with van der Waals surface area (Å²) in [4.78, 5) is 0. The van der Waals surface area contributed by atoms with Crippen molar-refractivity contribution in [3.8, 4) is 6.07 Å². The number of sulfonamides is 1. The highest BCUT2D eigenvalue weighted by molar-refractivity contribution is 7.89. The van der Waals surface area contributed by atoms with Gasteiger partial charge in [0.25, 0.3) is 0 Å². The van der Waals surface area contributed by atoms with E-state index in [1.807, 2.05) is 0 Å². The number of ether oxygens (including phenoxy) is 2. The van der Waals surface area contributed by atoms with Gasteiger partial charge in [0.2, 0.25) is 10.0 Å². The molecule has 0 N–H and O–H groups in total. The summed E-state index contributed by atoms with van der Waals surface area (Å²) >= 11 is 0. The summed E-state index contributed by atoms with van der Waals surface area (Å²) in [6.07, 6.45) is -0.521. The lowest BCUT2D eigenvalue weighted by Gasteiger charge is -2.13.